The summed E-state index contributed by atoms with van der Waals surface area (Å²) < 4.78 is 5.32. The first kappa shape index (κ1) is 13.3. The number of carboxylic acids is 1. The second kappa shape index (κ2) is 5.25. The van der Waals surface area contributed by atoms with Gasteiger partial charge in [0.15, 0.2) is 6.10 Å². The molecule has 1 aromatic heterocycles. The van der Waals surface area contributed by atoms with Crippen LogP contribution in [0.4, 0.5) is 0 Å². The molecule has 0 aliphatic carbocycles. The lowest BCUT2D eigenvalue weighted by Gasteiger charge is -2.10. The predicted molar refractivity (Wildman–Crippen MR) is 65.9 cm³/mol. The molecule has 1 heterocycles. The third-order valence-electron chi connectivity index (χ3n) is 2.61. The number of aliphatic carboxylic acids is 1. The molecule has 0 aliphatic rings. The van der Waals surface area contributed by atoms with Crippen molar-refractivity contribution in [3.8, 4) is 5.75 Å². The Morgan fingerprint density at radius 2 is 2.21 bits per heavy atom. The first-order chi connectivity index (χ1) is 9.02. The maximum absolute atomic E-state index is 10.6. The van der Waals surface area contributed by atoms with Gasteiger partial charge in [0.2, 0.25) is 0 Å². The van der Waals surface area contributed by atoms with Crippen LogP contribution in [0.2, 0.25) is 0 Å². The van der Waals surface area contributed by atoms with Crippen molar-refractivity contribution in [2.75, 3.05) is 6.61 Å². The molecule has 0 fully saturated rings. The van der Waals surface area contributed by atoms with Gasteiger partial charge >= 0.3 is 5.97 Å². The van der Waals surface area contributed by atoms with E-state index in [2.05, 4.69) is 9.97 Å². The van der Waals surface area contributed by atoms with Crippen molar-refractivity contribution in [3.63, 3.8) is 0 Å². The van der Waals surface area contributed by atoms with E-state index in [1.807, 2.05) is 6.92 Å². The highest BCUT2D eigenvalue weighted by Gasteiger charge is 2.27. The smallest absolute Gasteiger partial charge is 0.335 e. The molecule has 0 radical (unpaired) electrons. The minimum absolute atomic E-state index is 0.00134. The summed E-state index contributed by atoms with van der Waals surface area (Å²) in [4.78, 5) is 17.4. The number of carbonyl (C=O) groups is 1. The van der Waals surface area contributed by atoms with E-state index in [0.29, 0.717) is 23.4 Å². The zero-order valence-corrected chi connectivity index (χ0v) is 10.2. The molecule has 2 rings (SSSR count). The molecule has 102 valence electrons. The number of H-pyrrole nitrogens is 1. The minimum Gasteiger partial charge on any atom is -0.494 e. The number of hydrogen-bond acceptors (Lipinski definition) is 5. The quantitative estimate of drug-likeness (QED) is 0.624. The van der Waals surface area contributed by atoms with E-state index in [9.17, 15) is 15.0 Å². The Balaban J connectivity index is 2.33. The van der Waals surface area contributed by atoms with Gasteiger partial charge in [-0.15, -0.1) is 0 Å². The van der Waals surface area contributed by atoms with Gasteiger partial charge in [-0.3, -0.25) is 0 Å². The average molecular weight is 266 g/mol. The largest absolute Gasteiger partial charge is 0.494 e. The number of imidazole rings is 1. The number of ether oxygens (including phenoxy) is 1. The van der Waals surface area contributed by atoms with Crippen LogP contribution >= 0.6 is 0 Å². The summed E-state index contributed by atoms with van der Waals surface area (Å²) >= 11 is 0. The van der Waals surface area contributed by atoms with Crippen molar-refractivity contribution in [1.29, 1.82) is 0 Å². The summed E-state index contributed by atoms with van der Waals surface area (Å²) in [6.07, 6.45) is -3.53. The Morgan fingerprint density at radius 1 is 1.47 bits per heavy atom. The number of rotatable bonds is 5. The SMILES string of the molecule is CCOc1ccc2nc([C@H](O)[C@@H](O)C(=O)O)[nH]c2c1. The van der Waals surface area contributed by atoms with Gasteiger partial charge in [0.1, 0.15) is 17.7 Å². The maximum Gasteiger partial charge on any atom is 0.335 e. The Hall–Kier alpha value is -2.12. The third-order valence-corrected chi connectivity index (χ3v) is 2.61. The van der Waals surface area contributed by atoms with Gasteiger partial charge in [0.05, 0.1) is 17.6 Å². The van der Waals surface area contributed by atoms with Crippen molar-refractivity contribution in [2.24, 2.45) is 0 Å². The van der Waals surface area contributed by atoms with Gasteiger partial charge in [-0.25, -0.2) is 9.78 Å². The molecule has 2 atom stereocenters. The average Bonchev–Trinajstić information content (AvgIpc) is 2.80. The van der Waals surface area contributed by atoms with Crippen LogP contribution in [0.15, 0.2) is 18.2 Å². The molecule has 2 aromatic rings. The van der Waals surface area contributed by atoms with Gasteiger partial charge in [-0.2, -0.15) is 0 Å². The van der Waals surface area contributed by atoms with Gasteiger partial charge in [0.25, 0.3) is 0 Å². The number of aromatic nitrogens is 2. The van der Waals surface area contributed by atoms with Gasteiger partial charge in [-0.1, -0.05) is 0 Å². The maximum atomic E-state index is 10.6. The van der Waals surface area contributed by atoms with Crippen molar-refractivity contribution in [2.45, 2.75) is 19.1 Å². The van der Waals surface area contributed by atoms with Crippen LogP contribution in [0, 0.1) is 0 Å². The number of nitrogens with zero attached hydrogens (tertiary/aromatic N) is 1. The lowest BCUT2D eigenvalue weighted by Crippen LogP contribution is -2.28. The summed E-state index contributed by atoms with van der Waals surface area (Å²) in [7, 11) is 0. The summed E-state index contributed by atoms with van der Waals surface area (Å²) in [5.74, 6) is -0.875. The highest BCUT2D eigenvalue weighted by molar-refractivity contribution is 5.77. The van der Waals surface area contributed by atoms with E-state index < -0.39 is 18.2 Å². The number of aromatic amines is 1. The topological polar surface area (TPSA) is 116 Å². The van der Waals surface area contributed by atoms with Crippen molar-refractivity contribution in [3.05, 3.63) is 24.0 Å². The third kappa shape index (κ3) is 2.67. The van der Waals surface area contributed by atoms with E-state index in [1.54, 1.807) is 18.2 Å². The molecule has 7 heteroatoms. The lowest BCUT2D eigenvalue weighted by atomic mass is 10.2. The fourth-order valence-electron chi connectivity index (χ4n) is 1.69. The van der Waals surface area contributed by atoms with E-state index in [1.165, 1.54) is 0 Å². The summed E-state index contributed by atoms with van der Waals surface area (Å²) in [5.41, 5.74) is 1.15. The highest BCUT2D eigenvalue weighted by Crippen LogP contribution is 2.22. The standard InChI is InChI=1S/C12H14N2O5/c1-2-19-6-3-4-7-8(5-6)14-11(13-7)9(15)10(16)12(17)18/h3-5,9-10,15-16H,2H2,1H3,(H,13,14)(H,17,18)/t9-,10-/m1/s1. The Labute approximate surface area is 108 Å². The Bertz CT molecular complexity index is 595. The van der Waals surface area contributed by atoms with Crippen molar-refractivity contribution < 1.29 is 24.9 Å². The molecule has 0 aliphatic heterocycles. The van der Waals surface area contributed by atoms with Gasteiger partial charge < -0.3 is 25.0 Å². The number of aliphatic hydroxyl groups is 2. The highest BCUT2D eigenvalue weighted by atomic mass is 16.5. The number of nitrogens with one attached hydrogen (secondary N) is 1. The molecule has 7 nitrogen and oxygen atoms in total. The zero-order valence-electron chi connectivity index (χ0n) is 10.2. The number of benzene rings is 1. The van der Waals surface area contributed by atoms with Crippen molar-refractivity contribution in [1.82, 2.24) is 9.97 Å². The number of hydrogen-bond donors (Lipinski definition) is 4. The molecular weight excluding hydrogens is 252 g/mol. The summed E-state index contributed by atoms with van der Waals surface area (Å²) in [6, 6.07) is 5.09. The van der Waals surface area contributed by atoms with E-state index in [4.69, 9.17) is 9.84 Å². The Morgan fingerprint density at radius 3 is 2.84 bits per heavy atom. The first-order valence-corrected chi connectivity index (χ1v) is 5.74. The molecule has 0 amide bonds. The number of fused-ring (bicyclic) bond motifs is 1. The first-order valence-electron chi connectivity index (χ1n) is 5.74. The van der Waals surface area contributed by atoms with Crippen LogP contribution in [0.1, 0.15) is 18.9 Å². The van der Waals surface area contributed by atoms with Gasteiger partial charge in [-0.05, 0) is 19.1 Å². The van der Waals surface area contributed by atoms with Crippen LogP contribution in [-0.4, -0.2) is 44.0 Å². The van der Waals surface area contributed by atoms with Crippen LogP contribution in [0.3, 0.4) is 0 Å². The van der Waals surface area contributed by atoms with E-state index in [-0.39, 0.29) is 5.82 Å². The van der Waals surface area contributed by atoms with Crippen LogP contribution in [0.5, 0.6) is 5.75 Å². The molecule has 0 unspecified atom stereocenters. The van der Waals surface area contributed by atoms with E-state index in [0.717, 1.165) is 0 Å². The number of aliphatic hydroxyl groups excluding tert-OH is 2. The van der Waals surface area contributed by atoms with E-state index >= 15 is 0 Å². The zero-order chi connectivity index (χ0) is 14.0. The predicted octanol–water partition coefficient (Wildman–Crippen LogP) is 0.440. The van der Waals surface area contributed by atoms with Crippen molar-refractivity contribution >= 4 is 17.0 Å². The second-order valence-corrected chi connectivity index (χ2v) is 3.96. The van der Waals surface area contributed by atoms with Crippen LogP contribution in [-0.2, 0) is 4.79 Å². The lowest BCUT2D eigenvalue weighted by molar-refractivity contribution is -0.153. The fraction of sp³-hybridized carbons (Fsp3) is 0.333. The minimum atomic E-state index is -1.92. The fourth-order valence-corrected chi connectivity index (χ4v) is 1.69. The molecule has 0 spiro atoms. The summed E-state index contributed by atoms with van der Waals surface area (Å²) in [6.45, 7) is 2.38. The molecular formula is C12H14N2O5. The van der Waals surface area contributed by atoms with Crippen LogP contribution in [0.25, 0.3) is 11.0 Å². The Kier molecular flexibility index (Phi) is 3.68. The van der Waals surface area contributed by atoms with Crippen LogP contribution < -0.4 is 4.74 Å². The number of carboxylic acid groups (broad SMARTS) is 1. The molecule has 0 bridgehead atoms. The normalized spacial score (nSPS) is 14.3. The molecule has 0 saturated carbocycles. The molecule has 0 saturated heterocycles. The monoisotopic (exact) mass is 266 g/mol. The summed E-state index contributed by atoms with van der Waals surface area (Å²) in [5, 5.41) is 27.6. The molecule has 1 aromatic carbocycles. The van der Waals surface area contributed by atoms with Gasteiger partial charge in [0, 0.05) is 6.07 Å². The molecule has 4 N–H and O–H groups in total. The molecule has 19 heavy (non-hydrogen) atoms. The second-order valence-electron chi connectivity index (χ2n) is 3.96.